The fraction of sp³-hybridized carbons (Fsp3) is 0.720. The van der Waals surface area contributed by atoms with Crippen molar-refractivity contribution in [2.75, 3.05) is 20.6 Å². The maximum absolute atomic E-state index is 10.2. The minimum atomic E-state index is -0.879. The Morgan fingerprint density at radius 3 is 1.43 bits per heavy atom. The van der Waals surface area contributed by atoms with Crippen LogP contribution in [-0.4, -0.2) is 36.6 Å². The van der Waals surface area contributed by atoms with Gasteiger partial charge in [-0.25, -0.2) is 4.79 Å². The summed E-state index contributed by atoms with van der Waals surface area (Å²) in [5.41, 5.74) is 0.331. The van der Waals surface area contributed by atoms with Crippen LogP contribution in [0.15, 0.2) is 30.3 Å². The molecule has 0 unspecified atom stereocenters. The van der Waals surface area contributed by atoms with Crippen LogP contribution in [-0.2, 0) is 0 Å². The lowest BCUT2D eigenvalue weighted by Gasteiger charge is -2.08. The smallest absolute Gasteiger partial charge is 0.335 e. The summed E-state index contributed by atoms with van der Waals surface area (Å²) in [6.45, 7) is 3.55. The maximum Gasteiger partial charge on any atom is 0.335 e. The molecule has 0 saturated heterocycles. The Kier molecular flexibility index (Phi) is 19.4. The Labute approximate surface area is 174 Å². The summed E-state index contributed by atoms with van der Waals surface area (Å²) in [5.74, 6) is -0.879. The third-order valence-electron chi connectivity index (χ3n) is 4.98. The molecule has 162 valence electrons. The molecule has 0 heterocycles. The van der Waals surface area contributed by atoms with E-state index in [1.54, 1.807) is 30.3 Å². The fourth-order valence-electron chi connectivity index (χ4n) is 3.20. The van der Waals surface area contributed by atoms with E-state index >= 15 is 0 Å². The lowest BCUT2D eigenvalue weighted by atomic mass is 10.0. The van der Waals surface area contributed by atoms with Gasteiger partial charge in [0.25, 0.3) is 0 Å². The van der Waals surface area contributed by atoms with Gasteiger partial charge in [-0.2, -0.15) is 0 Å². The average molecular weight is 392 g/mol. The predicted octanol–water partition coefficient (Wildman–Crippen LogP) is 7.41. The molecule has 0 aromatic heterocycles. The van der Waals surface area contributed by atoms with E-state index in [1.165, 1.54) is 96.4 Å². The summed E-state index contributed by atoms with van der Waals surface area (Å²) in [4.78, 5) is 12.5. The number of unbranched alkanes of at least 4 members (excludes halogenated alkanes) is 13. The highest BCUT2D eigenvalue weighted by Gasteiger charge is 1.97. The van der Waals surface area contributed by atoms with E-state index in [4.69, 9.17) is 5.11 Å². The van der Waals surface area contributed by atoms with Gasteiger partial charge in [0.05, 0.1) is 5.56 Å². The second-order valence-corrected chi connectivity index (χ2v) is 8.07. The van der Waals surface area contributed by atoms with Crippen molar-refractivity contribution in [2.24, 2.45) is 0 Å². The molecule has 28 heavy (non-hydrogen) atoms. The van der Waals surface area contributed by atoms with Crippen molar-refractivity contribution in [3.8, 4) is 0 Å². The van der Waals surface area contributed by atoms with Crippen LogP contribution in [0.1, 0.15) is 107 Å². The summed E-state index contributed by atoms with van der Waals surface area (Å²) in [6, 6.07) is 8.30. The molecule has 0 aliphatic heterocycles. The molecule has 1 rings (SSSR count). The van der Waals surface area contributed by atoms with Crippen LogP contribution < -0.4 is 0 Å². The van der Waals surface area contributed by atoms with Crippen LogP contribution in [0.2, 0.25) is 0 Å². The van der Waals surface area contributed by atoms with Crippen LogP contribution in [0.25, 0.3) is 0 Å². The van der Waals surface area contributed by atoms with Crippen molar-refractivity contribution in [2.45, 2.75) is 96.8 Å². The monoisotopic (exact) mass is 391 g/mol. The van der Waals surface area contributed by atoms with E-state index in [0.717, 1.165) is 0 Å². The number of hydrogen-bond acceptors (Lipinski definition) is 2. The molecule has 0 fully saturated rings. The van der Waals surface area contributed by atoms with E-state index in [0.29, 0.717) is 5.56 Å². The third kappa shape index (κ3) is 19.4. The molecule has 1 N–H and O–H groups in total. The predicted molar refractivity (Wildman–Crippen MR) is 122 cm³/mol. The highest BCUT2D eigenvalue weighted by Crippen LogP contribution is 2.12. The van der Waals surface area contributed by atoms with Gasteiger partial charge >= 0.3 is 5.97 Å². The number of carboxylic acid groups (broad SMARTS) is 1. The highest BCUT2D eigenvalue weighted by molar-refractivity contribution is 5.87. The molecule has 1 aromatic rings. The zero-order chi connectivity index (χ0) is 20.9. The number of nitrogens with zero attached hydrogens (tertiary/aromatic N) is 1. The largest absolute Gasteiger partial charge is 0.478 e. The second-order valence-electron chi connectivity index (χ2n) is 8.07. The van der Waals surface area contributed by atoms with E-state index in [2.05, 4.69) is 25.9 Å². The van der Waals surface area contributed by atoms with E-state index in [-0.39, 0.29) is 0 Å². The van der Waals surface area contributed by atoms with Gasteiger partial charge in [-0.05, 0) is 39.2 Å². The molecule has 0 spiro atoms. The molecule has 0 amide bonds. The van der Waals surface area contributed by atoms with E-state index in [1.807, 2.05) is 0 Å². The van der Waals surface area contributed by atoms with Gasteiger partial charge in [-0.1, -0.05) is 109 Å². The fourth-order valence-corrected chi connectivity index (χ4v) is 3.20. The van der Waals surface area contributed by atoms with Crippen molar-refractivity contribution in [1.29, 1.82) is 0 Å². The van der Waals surface area contributed by atoms with Gasteiger partial charge in [0.2, 0.25) is 0 Å². The standard InChI is InChI=1S/C18H39N.C7H6O2/c1-4-5-6-7-8-9-10-11-12-13-14-15-16-17-18-19(2)3;8-7(9)6-4-2-1-3-5-6/h4-18H2,1-3H3;1-5H,(H,8,9). The van der Waals surface area contributed by atoms with Crippen molar-refractivity contribution < 1.29 is 9.90 Å². The second kappa shape index (κ2) is 20.4. The molecule has 3 heteroatoms. The minimum Gasteiger partial charge on any atom is -0.478 e. The van der Waals surface area contributed by atoms with Gasteiger partial charge < -0.3 is 10.0 Å². The lowest BCUT2D eigenvalue weighted by molar-refractivity contribution is 0.0697. The zero-order valence-corrected chi connectivity index (χ0v) is 18.8. The lowest BCUT2D eigenvalue weighted by Crippen LogP contribution is -2.12. The van der Waals surface area contributed by atoms with Crippen molar-refractivity contribution >= 4 is 5.97 Å². The van der Waals surface area contributed by atoms with Crippen LogP contribution in [0.4, 0.5) is 0 Å². The Morgan fingerprint density at radius 2 is 1.11 bits per heavy atom. The summed E-state index contributed by atoms with van der Waals surface area (Å²) in [6.07, 6.45) is 20.3. The first kappa shape index (κ1) is 26.6. The number of carboxylic acids is 1. The number of benzene rings is 1. The van der Waals surface area contributed by atoms with Gasteiger partial charge in [0, 0.05) is 0 Å². The Morgan fingerprint density at radius 1 is 0.714 bits per heavy atom. The summed E-state index contributed by atoms with van der Waals surface area (Å²) >= 11 is 0. The number of rotatable bonds is 16. The number of aromatic carboxylic acids is 1. The highest BCUT2D eigenvalue weighted by atomic mass is 16.4. The summed E-state index contributed by atoms with van der Waals surface area (Å²) in [5, 5.41) is 8.38. The number of hydrogen-bond donors (Lipinski definition) is 1. The average Bonchev–Trinajstić information content (AvgIpc) is 2.69. The van der Waals surface area contributed by atoms with Gasteiger partial charge in [-0.3, -0.25) is 0 Å². The zero-order valence-electron chi connectivity index (χ0n) is 18.8. The van der Waals surface area contributed by atoms with Gasteiger partial charge in [0.1, 0.15) is 0 Å². The van der Waals surface area contributed by atoms with Gasteiger partial charge in [-0.15, -0.1) is 0 Å². The maximum atomic E-state index is 10.2. The van der Waals surface area contributed by atoms with Crippen molar-refractivity contribution in [1.82, 2.24) is 4.90 Å². The molecule has 0 atom stereocenters. The molecule has 0 aliphatic rings. The SMILES string of the molecule is CCCCCCCCCCCCCCCCN(C)C.O=C(O)c1ccccc1. The first-order chi connectivity index (χ1) is 13.6. The topological polar surface area (TPSA) is 40.5 Å². The Bertz CT molecular complexity index is 445. The summed E-state index contributed by atoms with van der Waals surface area (Å²) < 4.78 is 0. The van der Waals surface area contributed by atoms with E-state index in [9.17, 15) is 4.79 Å². The normalized spacial score (nSPS) is 10.6. The Hall–Kier alpha value is -1.35. The molecule has 0 radical (unpaired) electrons. The van der Waals surface area contributed by atoms with Crippen molar-refractivity contribution in [3.63, 3.8) is 0 Å². The quantitative estimate of drug-likeness (QED) is 0.298. The first-order valence-corrected chi connectivity index (χ1v) is 11.5. The molecule has 1 aromatic carbocycles. The third-order valence-corrected chi connectivity index (χ3v) is 4.98. The molecule has 0 bridgehead atoms. The minimum absolute atomic E-state index is 0.331. The van der Waals surface area contributed by atoms with Crippen LogP contribution >= 0.6 is 0 Å². The molecular weight excluding hydrogens is 346 g/mol. The van der Waals surface area contributed by atoms with E-state index < -0.39 is 5.97 Å². The van der Waals surface area contributed by atoms with Crippen molar-refractivity contribution in [3.05, 3.63) is 35.9 Å². The summed E-state index contributed by atoms with van der Waals surface area (Å²) in [7, 11) is 4.34. The number of carbonyl (C=O) groups is 1. The van der Waals surface area contributed by atoms with Crippen LogP contribution in [0.5, 0.6) is 0 Å². The molecule has 0 saturated carbocycles. The van der Waals surface area contributed by atoms with Gasteiger partial charge in [0.15, 0.2) is 0 Å². The Balaban J connectivity index is 0.000000668. The molecular formula is C25H45NO2. The van der Waals surface area contributed by atoms with Crippen LogP contribution in [0, 0.1) is 0 Å². The molecule has 3 nitrogen and oxygen atoms in total. The van der Waals surface area contributed by atoms with Crippen LogP contribution in [0.3, 0.4) is 0 Å². The first-order valence-electron chi connectivity index (χ1n) is 11.5. The molecule has 0 aliphatic carbocycles.